The van der Waals surface area contributed by atoms with Crippen LogP contribution in [0.15, 0.2) is 77.7 Å². The lowest BCUT2D eigenvalue weighted by Gasteiger charge is -2.33. The van der Waals surface area contributed by atoms with E-state index < -0.39 is 62.4 Å². The van der Waals surface area contributed by atoms with Crippen molar-refractivity contribution in [3.63, 3.8) is 0 Å². The molecule has 0 aliphatic carbocycles. The summed E-state index contributed by atoms with van der Waals surface area (Å²) in [6.45, 7) is 7.79. The van der Waals surface area contributed by atoms with Crippen molar-refractivity contribution in [1.82, 2.24) is 10.2 Å². The molecule has 0 bridgehead atoms. The molecule has 0 aliphatic rings. The molecule has 7 nitrogen and oxygen atoms in total. The normalized spacial score (nSPS) is 12.9. The lowest BCUT2D eigenvalue weighted by Crippen LogP contribution is -2.54. The number of carbonyl (C=O) groups is 2. The lowest BCUT2D eigenvalue weighted by atomic mass is 10.1. The molecule has 0 radical (unpaired) electrons. The number of anilines is 1. The van der Waals surface area contributed by atoms with Gasteiger partial charge in [0, 0.05) is 12.1 Å². The Morgan fingerprint density at radius 1 is 0.952 bits per heavy atom. The molecule has 3 aromatic carbocycles. The van der Waals surface area contributed by atoms with Gasteiger partial charge in [-0.1, -0.05) is 59.6 Å². The lowest BCUT2D eigenvalue weighted by molar-refractivity contribution is -0.140. The van der Waals surface area contributed by atoms with E-state index in [-0.39, 0.29) is 11.4 Å². The number of amides is 2. The van der Waals surface area contributed by atoms with Crippen molar-refractivity contribution in [2.45, 2.75) is 63.8 Å². The van der Waals surface area contributed by atoms with E-state index in [1.807, 2.05) is 19.1 Å². The Kier molecular flexibility index (Phi) is 10.00. The molecule has 1 unspecified atom stereocenters. The van der Waals surface area contributed by atoms with E-state index in [1.54, 1.807) is 39.0 Å². The number of aryl methyl sites for hydroxylation is 1. The molecule has 0 aromatic heterocycles. The summed E-state index contributed by atoms with van der Waals surface area (Å²) in [5.41, 5.74) is -0.641. The van der Waals surface area contributed by atoms with Crippen LogP contribution in [-0.4, -0.2) is 43.3 Å². The minimum Gasteiger partial charge on any atom is -0.350 e. The molecule has 0 heterocycles. The zero-order valence-electron chi connectivity index (χ0n) is 23.9. The van der Waals surface area contributed by atoms with Crippen LogP contribution in [0, 0.1) is 6.92 Å². The number of alkyl halides is 3. The summed E-state index contributed by atoms with van der Waals surface area (Å²) in [4.78, 5) is 28.0. The third kappa shape index (κ3) is 8.25. The van der Waals surface area contributed by atoms with Gasteiger partial charge in [0.05, 0.1) is 21.2 Å². The molecule has 12 heteroatoms. The second-order valence-corrected chi connectivity index (χ2v) is 13.2. The first-order valence-corrected chi connectivity index (χ1v) is 14.8. The fourth-order valence-corrected chi connectivity index (χ4v) is 5.73. The SMILES string of the molecule is Cc1ccc(CN(C(=O)CN(c2ccc(Cl)c(C(F)(F)F)c2)S(=O)(=O)c2ccccc2)C(C)C(=O)NC(C)(C)C)cc1. The minimum atomic E-state index is -4.88. The highest BCUT2D eigenvalue weighted by Crippen LogP contribution is 2.38. The largest absolute Gasteiger partial charge is 0.417 e. The Morgan fingerprint density at radius 2 is 1.55 bits per heavy atom. The van der Waals surface area contributed by atoms with Gasteiger partial charge in [0.1, 0.15) is 12.6 Å². The Morgan fingerprint density at radius 3 is 2.10 bits per heavy atom. The highest BCUT2D eigenvalue weighted by molar-refractivity contribution is 7.92. The monoisotopic (exact) mass is 623 g/mol. The van der Waals surface area contributed by atoms with Gasteiger partial charge in [-0.05, 0) is 70.5 Å². The summed E-state index contributed by atoms with van der Waals surface area (Å²) in [6, 6.07) is 15.8. The van der Waals surface area contributed by atoms with Gasteiger partial charge in [-0.2, -0.15) is 13.2 Å². The van der Waals surface area contributed by atoms with Gasteiger partial charge >= 0.3 is 6.18 Å². The van der Waals surface area contributed by atoms with Gasteiger partial charge in [0.25, 0.3) is 10.0 Å². The summed E-state index contributed by atoms with van der Waals surface area (Å²) >= 11 is 5.80. The molecule has 3 rings (SSSR count). The molecule has 0 spiro atoms. The third-order valence-corrected chi connectivity index (χ3v) is 8.41. The number of hydrogen-bond acceptors (Lipinski definition) is 4. The third-order valence-electron chi connectivity index (χ3n) is 6.29. The second-order valence-electron chi connectivity index (χ2n) is 10.9. The van der Waals surface area contributed by atoms with E-state index in [0.717, 1.165) is 17.7 Å². The summed E-state index contributed by atoms with van der Waals surface area (Å²) in [6.07, 6.45) is -4.88. The van der Waals surface area contributed by atoms with Crippen molar-refractivity contribution in [3.05, 3.63) is 94.5 Å². The molecule has 0 fully saturated rings. The Bertz CT molecular complexity index is 1520. The van der Waals surface area contributed by atoms with Gasteiger partial charge in [0.2, 0.25) is 11.8 Å². The first-order chi connectivity index (χ1) is 19.4. The predicted molar refractivity (Wildman–Crippen MR) is 157 cm³/mol. The Labute approximate surface area is 249 Å². The molecular weight excluding hydrogens is 591 g/mol. The minimum absolute atomic E-state index is 0.0501. The molecule has 226 valence electrons. The number of hydrogen-bond donors (Lipinski definition) is 1. The van der Waals surface area contributed by atoms with Crippen LogP contribution in [0.25, 0.3) is 0 Å². The van der Waals surface area contributed by atoms with Gasteiger partial charge in [-0.25, -0.2) is 8.42 Å². The maximum absolute atomic E-state index is 13.9. The molecule has 2 amide bonds. The number of nitrogens with zero attached hydrogens (tertiary/aromatic N) is 2. The average Bonchev–Trinajstić information content (AvgIpc) is 2.90. The summed E-state index contributed by atoms with van der Waals surface area (Å²) in [5, 5.41) is 2.19. The van der Waals surface area contributed by atoms with Crippen LogP contribution in [0.5, 0.6) is 0 Å². The summed E-state index contributed by atoms with van der Waals surface area (Å²) in [5.74, 6) is -1.28. The van der Waals surface area contributed by atoms with Crippen LogP contribution in [-0.2, 0) is 32.3 Å². The van der Waals surface area contributed by atoms with E-state index in [9.17, 15) is 31.2 Å². The number of benzene rings is 3. The highest BCUT2D eigenvalue weighted by atomic mass is 35.5. The number of rotatable bonds is 9. The quantitative estimate of drug-likeness (QED) is 0.308. The number of nitrogens with one attached hydrogen (secondary N) is 1. The summed E-state index contributed by atoms with van der Waals surface area (Å²) < 4.78 is 69.4. The van der Waals surface area contributed by atoms with Crippen molar-refractivity contribution in [3.8, 4) is 0 Å². The van der Waals surface area contributed by atoms with Crippen molar-refractivity contribution in [2.24, 2.45) is 0 Å². The molecule has 1 atom stereocenters. The van der Waals surface area contributed by atoms with Crippen molar-refractivity contribution >= 4 is 39.1 Å². The maximum atomic E-state index is 13.9. The topological polar surface area (TPSA) is 86.8 Å². The fourth-order valence-electron chi connectivity index (χ4n) is 4.08. The Hall–Kier alpha value is -3.57. The summed E-state index contributed by atoms with van der Waals surface area (Å²) in [7, 11) is -4.54. The van der Waals surface area contributed by atoms with Crippen LogP contribution < -0.4 is 9.62 Å². The maximum Gasteiger partial charge on any atom is 0.417 e. The highest BCUT2D eigenvalue weighted by Gasteiger charge is 2.37. The molecule has 1 N–H and O–H groups in total. The smallest absolute Gasteiger partial charge is 0.350 e. The standard InChI is InChI=1S/C30H33ClF3N3O4S/c1-20-11-13-22(14-12-20)18-36(21(2)28(39)35-29(3,4)5)27(38)19-37(42(40,41)24-9-7-6-8-10-24)23-15-16-26(31)25(17-23)30(32,33)34/h6-17,21H,18-19H2,1-5H3,(H,35,39). The number of sulfonamides is 1. The van der Waals surface area contributed by atoms with Gasteiger partial charge in [0.15, 0.2) is 0 Å². The first-order valence-electron chi connectivity index (χ1n) is 13.0. The van der Waals surface area contributed by atoms with Crippen LogP contribution in [0.1, 0.15) is 44.4 Å². The van der Waals surface area contributed by atoms with E-state index in [0.29, 0.717) is 15.9 Å². The fraction of sp³-hybridized carbons (Fsp3) is 0.333. The Balaban J connectivity index is 2.11. The molecule has 0 aliphatic heterocycles. The van der Waals surface area contributed by atoms with E-state index in [1.165, 1.54) is 36.1 Å². The first kappa shape index (κ1) is 32.9. The number of carbonyl (C=O) groups excluding carboxylic acids is 2. The van der Waals surface area contributed by atoms with Crippen molar-refractivity contribution in [1.29, 1.82) is 0 Å². The molecule has 0 saturated heterocycles. The van der Waals surface area contributed by atoms with E-state index >= 15 is 0 Å². The molecular formula is C30H33ClF3N3O4S. The zero-order chi connectivity index (χ0) is 31.5. The van der Waals surface area contributed by atoms with Crippen LogP contribution in [0.3, 0.4) is 0 Å². The van der Waals surface area contributed by atoms with E-state index in [4.69, 9.17) is 11.6 Å². The zero-order valence-corrected chi connectivity index (χ0v) is 25.4. The van der Waals surface area contributed by atoms with Crippen molar-refractivity contribution < 1.29 is 31.2 Å². The average molecular weight is 624 g/mol. The van der Waals surface area contributed by atoms with E-state index in [2.05, 4.69) is 5.32 Å². The molecule has 42 heavy (non-hydrogen) atoms. The molecule has 3 aromatic rings. The predicted octanol–water partition coefficient (Wildman–Crippen LogP) is 6.19. The second kappa shape index (κ2) is 12.7. The van der Waals surface area contributed by atoms with Gasteiger partial charge < -0.3 is 10.2 Å². The van der Waals surface area contributed by atoms with Gasteiger partial charge in [-0.3, -0.25) is 13.9 Å². The molecule has 0 saturated carbocycles. The van der Waals surface area contributed by atoms with Crippen molar-refractivity contribution in [2.75, 3.05) is 10.8 Å². The number of halogens is 4. The van der Waals surface area contributed by atoms with Crippen LogP contribution >= 0.6 is 11.6 Å². The van der Waals surface area contributed by atoms with Gasteiger partial charge in [-0.15, -0.1) is 0 Å². The van der Waals surface area contributed by atoms with Crippen LogP contribution in [0.4, 0.5) is 18.9 Å². The van der Waals surface area contributed by atoms with Crippen LogP contribution in [0.2, 0.25) is 5.02 Å².